The second kappa shape index (κ2) is 10.4. The molecule has 0 spiro atoms. The first-order valence-electron chi connectivity index (χ1n) is 10.7. The zero-order valence-electron chi connectivity index (χ0n) is 18.8. The van der Waals surface area contributed by atoms with E-state index >= 15 is 0 Å². The summed E-state index contributed by atoms with van der Waals surface area (Å²) >= 11 is 0. The largest absolute Gasteiger partial charge is 0.391 e. The maximum Gasteiger partial charge on any atom is 0.219 e. The van der Waals surface area contributed by atoms with Crippen LogP contribution in [0.3, 0.4) is 0 Å². The van der Waals surface area contributed by atoms with E-state index in [9.17, 15) is 9.18 Å². The molecule has 0 atom stereocenters. The number of anilines is 1. The van der Waals surface area contributed by atoms with Crippen LogP contribution < -0.4 is 16.0 Å². The van der Waals surface area contributed by atoms with Crippen LogP contribution in [0.15, 0.2) is 35.2 Å². The van der Waals surface area contributed by atoms with Gasteiger partial charge in [0, 0.05) is 68.2 Å². The maximum atomic E-state index is 14.9. The zero-order valence-corrected chi connectivity index (χ0v) is 18.8. The summed E-state index contributed by atoms with van der Waals surface area (Å²) in [7, 11) is 1.75. The molecule has 8 nitrogen and oxygen atoms in total. The van der Waals surface area contributed by atoms with Gasteiger partial charge in [-0.05, 0) is 24.6 Å². The molecule has 0 bridgehead atoms. The summed E-state index contributed by atoms with van der Waals surface area (Å²) < 4.78 is 20.1. The van der Waals surface area contributed by atoms with Crippen LogP contribution >= 0.6 is 0 Å². The first-order chi connectivity index (χ1) is 15.3. The Bertz CT molecular complexity index is 967. The summed E-state index contributed by atoms with van der Waals surface area (Å²) in [6, 6.07) is 4.63. The molecule has 5 N–H and O–H groups in total. The number of ether oxygens (including phenoxy) is 1. The Labute approximate surface area is 187 Å². The van der Waals surface area contributed by atoms with Gasteiger partial charge in [-0.15, -0.1) is 0 Å². The first kappa shape index (κ1) is 23.5. The number of nitrogens with one attached hydrogen (secondary N) is 5. The molecule has 9 heteroatoms. The number of rotatable bonds is 8. The lowest BCUT2D eigenvalue weighted by atomic mass is 10.0. The lowest BCUT2D eigenvalue weighted by Gasteiger charge is -2.33. The lowest BCUT2D eigenvalue weighted by molar-refractivity contribution is -0.128. The SMILES string of the molecule is CN/C(C)=C(\C=N)c1ccc(NC(=N)C2=C(NCC3COC3)CCN(C(C)=O)C2)c(F)c1. The van der Waals surface area contributed by atoms with Gasteiger partial charge < -0.3 is 31.0 Å². The van der Waals surface area contributed by atoms with E-state index < -0.39 is 5.82 Å². The topological polar surface area (TPSA) is 113 Å². The molecule has 32 heavy (non-hydrogen) atoms. The van der Waals surface area contributed by atoms with E-state index in [0.717, 1.165) is 31.2 Å². The van der Waals surface area contributed by atoms with Gasteiger partial charge in [0.1, 0.15) is 11.7 Å². The van der Waals surface area contributed by atoms with Gasteiger partial charge in [0.15, 0.2) is 0 Å². The molecule has 0 aromatic heterocycles. The number of amidine groups is 1. The van der Waals surface area contributed by atoms with E-state index in [1.54, 1.807) is 24.1 Å². The molecule has 1 aromatic carbocycles. The van der Waals surface area contributed by atoms with Crippen LogP contribution in [-0.2, 0) is 9.53 Å². The van der Waals surface area contributed by atoms with Crippen molar-refractivity contribution in [3.8, 4) is 0 Å². The average molecular weight is 443 g/mol. The van der Waals surface area contributed by atoms with Crippen molar-refractivity contribution < 1.29 is 13.9 Å². The third-order valence-corrected chi connectivity index (χ3v) is 5.87. The van der Waals surface area contributed by atoms with E-state index in [0.29, 0.717) is 42.1 Å². The Hall–Kier alpha value is -3.20. The van der Waals surface area contributed by atoms with Gasteiger partial charge >= 0.3 is 0 Å². The predicted octanol–water partition coefficient (Wildman–Crippen LogP) is 2.56. The molecule has 0 saturated carbocycles. The molecule has 0 unspecified atom stereocenters. The standard InChI is InChI=1S/C23H31FN6O2/c1-14(27-3)18(9-25)17-4-5-22(20(24)8-17)29-23(26)19-11-30(15(2)31)7-6-21(19)28-10-16-12-32-13-16/h4-5,8-9,16,25,27-28H,6-7,10-13H2,1-3H3,(H2,26,29)/b18-14+,25-9?. The van der Waals surface area contributed by atoms with Crippen LogP contribution in [0.4, 0.5) is 10.1 Å². The number of hydrogen-bond donors (Lipinski definition) is 5. The van der Waals surface area contributed by atoms with Crippen molar-refractivity contribution in [3.05, 3.63) is 46.5 Å². The number of benzene rings is 1. The lowest BCUT2D eigenvalue weighted by Crippen LogP contribution is -2.43. The predicted molar refractivity (Wildman–Crippen MR) is 124 cm³/mol. The van der Waals surface area contributed by atoms with Crippen molar-refractivity contribution in [1.29, 1.82) is 10.8 Å². The third kappa shape index (κ3) is 5.34. The molecule has 1 saturated heterocycles. The summed E-state index contributed by atoms with van der Waals surface area (Å²) in [5.41, 5.74) is 3.66. The molecule has 2 aliphatic rings. The highest BCUT2D eigenvalue weighted by Crippen LogP contribution is 2.24. The van der Waals surface area contributed by atoms with Crippen LogP contribution in [0.1, 0.15) is 25.8 Å². The summed E-state index contributed by atoms with van der Waals surface area (Å²) in [5, 5.41) is 25.5. The molecular weight excluding hydrogens is 411 g/mol. The van der Waals surface area contributed by atoms with Crippen molar-refractivity contribution in [3.63, 3.8) is 0 Å². The molecule has 1 aromatic rings. The molecule has 2 aliphatic heterocycles. The molecule has 1 fully saturated rings. The van der Waals surface area contributed by atoms with Crippen LogP contribution in [0.5, 0.6) is 0 Å². The van der Waals surface area contributed by atoms with Gasteiger partial charge in [-0.1, -0.05) is 6.07 Å². The second-order valence-corrected chi connectivity index (χ2v) is 8.06. The Morgan fingerprint density at radius 2 is 2.09 bits per heavy atom. The smallest absolute Gasteiger partial charge is 0.219 e. The minimum absolute atomic E-state index is 0.0526. The summed E-state index contributed by atoms with van der Waals surface area (Å²) in [4.78, 5) is 13.6. The van der Waals surface area contributed by atoms with Gasteiger partial charge in [0.05, 0.1) is 25.4 Å². The van der Waals surface area contributed by atoms with Crippen LogP contribution in [-0.4, -0.2) is 62.8 Å². The number of carbonyl (C=O) groups is 1. The van der Waals surface area contributed by atoms with Gasteiger partial charge in [-0.3, -0.25) is 10.2 Å². The molecular formula is C23H31FN6O2. The number of amides is 1. The highest BCUT2D eigenvalue weighted by Gasteiger charge is 2.26. The van der Waals surface area contributed by atoms with E-state index in [4.69, 9.17) is 15.6 Å². The van der Waals surface area contributed by atoms with Crippen molar-refractivity contribution in [2.45, 2.75) is 20.3 Å². The highest BCUT2D eigenvalue weighted by molar-refractivity contribution is 6.10. The van der Waals surface area contributed by atoms with E-state index in [-0.39, 0.29) is 17.4 Å². The number of allylic oxidation sites excluding steroid dienone is 2. The molecule has 172 valence electrons. The zero-order chi connectivity index (χ0) is 23.3. The number of carbonyl (C=O) groups excluding carboxylic acids is 1. The van der Waals surface area contributed by atoms with Crippen molar-refractivity contribution in [2.75, 3.05) is 45.2 Å². The Morgan fingerprint density at radius 1 is 1.34 bits per heavy atom. The fraction of sp³-hybridized carbons (Fsp3) is 0.435. The maximum absolute atomic E-state index is 14.9. The monoisotopic (exact) mass is 442 g/mol. The number of hydrogen-bond acceptors (Lipinski definition) is 6. The molecule has 3 rings (SSSR count). The van der Waals surface area contributed by atoms with Gasteiger partial charge in [0.2, 0.25) is 5.91 Å². The Balaban J connectivity index is 1.81. The van der Waals surface area contributed by atoms with Crippen molar-refractivity contribution >= 4 is 29.2 Å². The van der Waals surface area contributed by atoms with E-state index in [1.165, 1.54) is 19.2 Å². The molecule has 2 heterocycles. The summed E-state index contributed by atoms with van der Waals surface area (Å²) in [5.74, 6) is -0.0670. The molecule has 0 radical (unpaired) electrons. The molecule has 0 aliphatic carbocycles. The summed E-state index contributed by atoms with van der Waals surface area (Å²) in [6.07, 6.45) is 1.80. The van der Waals surface area contributed by atoms with E-state index in [1.807, 2.05) is 6.92 Å². The van der Waals surface area contributed by atoms with Crippen molar-refractivity contribution in [1.82, 2.24) is 15.5 Å². The first-order valence-corrected chi connectivity index (χ1v) is 10.7. The quantitative estimate of drug-likeness (QED) is 0.314. The number of halogens is 1. The van der Waals surface area contributed by atoms with E-state index in [2.05, 4.69) is 16.0 Å². The minimum Gasteiger partial charge on any atom is -0.391 e. The van der Waals surface area contributed by atoms with Crippen LogP contribution in [0, 0.1) is 22.6 Å². The van der Waals surface area contributed by atoms with Crippen LogP contribution in [0.25, 0.3) is 5.57 Å². The van der Waals surface area contributed by atoms with Crippen molar-refractivity contribution in [2.24, 2.45) is 5.92 Å². The number of nitrogens with zero attached hydrogens (tertiary/aromatic N) is 1. The van der Waals surface area contributed by atoms with Gasteiger partial charge in [-0.25, -0.2) is 4.39 Å². The minimum atomic E-state index is -0.517. The normalized spacial score (nSPS) is 17.3. The van der Waals surface area contributed by atoms with Crippen LogP contribution in [0.2, 0.25) is 0 Å². The average Bonchev–Trinajstić information content (AvgIpc) is 2.74. The second-order valence-electron chi connectivity index (χ2n) is 8.06. The van der Waals surface area contributed by atoms with Gasteiger partial charge in [-0.2, -0.15) is 0 Å². The molecule has 1 amide bonds. The third-order valence-electron chi connectivity index (χ3n) is 5.87. The van der Waals surface area contributed by atoms with Gasteiger partial charge in [0.25, 0.3) is 0 Å². The Morgan fingerprint density at radius 3 is 2.66 bits per heavy atom. The highest BCUT2D eigenvalue weighted by atomic mass is 19.1. The Kier molecular flexibility index (Phi) is 7.63. The fourth-order valence-corrected chi connectivity index (χ4v) is 3.66. The fourth-order valence-electron chi connectivity index (χ4n) is 3.66. The summed E-state index contributed by atoms with van der Waals surface area (Å²) in [6.45, 7) is 6.41.